The predicted molar refractivity (Wildman–Crippen MR) is 212 cm³/mol. The Labute approximate surface area is 336 Å². The van der Waals surface area contributed by atoms with E-state index >= 15 is 0 Å². The van der Waals surface area contributed by atoms with Gasteiger partial charge >= 0.3 is 0 Å². The molecule has 310 valence electrons. The van der Waals surface area contributed by atoms with Gasteiger partial charge in [0.05, 0.1) is 43.8 Å². The Bertz CT molecular complexity index is 3340. The molecule has 7 aromatic carbocycles. The first kappa shape index (κ1) is 37.6. The molecule has 0 saturated carbocycles. The highest BCUT2D eigenvalue weighted by Crippen LogP contribution is 2.65. The van der Waals surface area contributed by atoms with Gasteiger partial charge in [-0.05, 0) is 34.7 Å². The molecule has 0 fully saturated rings. The van der Waals surface area contributed by atoms with Crippen molar-refractivity contribution in [2.24, 2.45) is 0 Å². The number of allylic oxidation sites excluding steroid dienone is 1. The number of fused-ring (bicyclic) bond motifs is 7. The van der Waals surface area contributed by atoms with Crippen molar-refractivity contribution in [2.75, 3.05) is 0 Å². The second kappa shape index (κ2) is 12.3. The maximum atomic E-state index is 12.2. The molecule has 0 spiro atoms. The average Bonchev–Trinajstić information content (AvgIpc) is 3.66. The Kier molecular flexibility index (Phi) is 7.55. The number of hydrogen-bond acceptors (Lipinski definition) is 19. The Morgan fingerprint density at radius 3 is 1.25 bits per heavy atom. The van der Waals surface area contributed by atoms with Gasteiger partial charge in [-0.1, -0.05) is 36.4 Å². The molecule has 18 N–H and O–H groups in total. The zero-order chi connectivity index (χ0) is 44.0. The first-order valence-corrected chi connectivity index (χ1v) is 17.6. The van der Waals surface area contributed by atoms with Crippen molar-refractivity contribution in [3.63, 3.8) is 0 Å². The fourth-order valence-corrected chi connectivity index (χ4v) is 8.35. The summed E-state index contributed by atoms with van der Waals surface area (Å²) in [6, 6.07) is 5.92. The minimum atomic E-state index is -1.40. The lowest BCUT2D eigenvalue weighted by Crippen LogP contribution is -2.03. The van der Waals surface area contributed by atoms with Gasteiger partial charge in [0.1, 0.15) is 5.75 Å². The van der Waals surface area contributed by atoms with Crippen molar-refractivity contribution in [2.45, 2.75) is 12.8 Å². The van der Waals surface area contributed by atoms with E-state index < -0.39 is 158 Å². The second-order valence-corrected chi connectivity index (χ2v) is 14.2. The smallest absolute Gasteiger partial charge is 0.208 e. The molecule has 1 aliphatic rings. The van der Waals surface area contributed by atoms with Crippen LogP contribution in [0.3, 0.4) is 0 Å². The lowest BCUT2D eigenvalue weighted by atomic mass is 9.78. The first-order chi connectivity index (χ1) is 28.8. The number of phenolic OH excluding ortho intramolecular Hbond substituents is 18. The van der Waals surface area contributed by atoms with Crippen LogP contribution in [-0.4, -0.2) is 91.9 Å². The third-order valence-electron chi connectivity index (χ3n) is 11.1. The number of hydrogen-bond donors (Lipinski definition) is 18. The minimum absolute atomic E-state index is 0.0339. The largest absolute Gasteiger partial charge is 0.506 e. The van der Waals surface area contributed by atoms with Crippen LogP contribution in [0.15, 0.2) is 34.8 Å². The van der Waals surface area contributed by atoms with Crippen molar-refractivity contribution in [3.05, 3.63) is 41.5 Å². The van der Waals surface area contributed by atoms with E-state index in [1.807, 2.05) is 0 Å². The topological polar surface area (TPSA) is 377 Å². The van der Waals surface area contributed by atoms with E-state index in [0.29, 0.717) is 0 Å². The molecule has 0 radical (unpaired) electrons. The molecule has 0 bridgehead atoms. The Morgan fingerprint density at radius 2 is 0.689 bits per heavy atom. The van der Waals surface area contributed by atoms with Crippen molar-refractivity contribution in [1.29, 1.82) is 0 Å². The molecule has 0 amide bonds. The molecule has 1 aromatic heterocycles. The summed E-state index contributed by atoms with van der Waals surface area (Å²) in [4.78, 5) is 0. The third-order valence-corrected chi connectivity index (χ3v) is 11.1. The molecule has 8 aromatic rings. The van der Waals surface area contributed by atoms with E-state index in [1.54, 1.807) is 6.08 Å². The summed E-state index contributed by atoms with van der Waals surface area (Å²) < 4.78 is 5.72. The van der Waals surface area contributed by atoms with Gasteiger partial charge in [0, 0.05) is 11.1 Å². The van der Waals surface area contributed by atoms with Gasteiger partial charge in [-0.3, -0.25) is 0 Å². The first-order valence-electron chi connectivity index (χ1n) is 17.6. The molecule has 9 rings (SSSR count). The monoisotopic (exact) mass is 836 g/mol. The zero-order valence-electron chi connectivity index (χ0n) is 30.3. The summed E-state index contributed by atoms with van der Waals surface area (Å²) in [5, 5.41) is 194. The van der Waals surface area contributed by atoms with Crippen LogP contribution in [0.4, 0.5) is 0 Å². The van der Waals surface area contributed by atoms with Crippen LogP contribution in [0, 0.1) is 0 Å². The van der Waals surface area contributed by atoms with Crippen LogP contribution >= 0.6 is 0 Å². The summed E-state index contributed by atoms with van der Waals surface area (Å²) >= 11 is 0. The zero-order valence-corrected chi connectivity index (χ0v) is 30.3. The van der Waals surface area contributed by atoms with E-state index in [-0.39, 0.29) is 45.9 Å². The summed E-state index contributed by atoms with van der Waals surface area (Å²) in [7, 11) is 0. The fraction of sp³-hybridized carbons (Fsp3) is 0.0476. The number of furan rings is 1. The van der Waals surface area contributed by atoms with Crippen LogP contribution in [0.5, 0.6) is 103 Å². The highest BCUT2D eigenvalue weighted by atomic mass is 16.4. The SMILES string of the molecule is Oc1c(O)c(O)c(-c2c(O)c(O)c(-c3c4c(c(-c5c(O)c(O)c6oc7c8c(O)c(O)c(O)c(O)c8c(O)c(O)c7c6c5O)c5ccccc35)C=CCC4)c(O)c2O)c(O)c1O. The third kappa shape index (κ3) is 4.50. The lowest BCUT2D eigenvalue weighted by Gasteiger charge is -2.26. The van der Waals surface area contributed by atoms with Crippen LogP contribution < -0.4 is 0 Å². The van der Waals surface area contributed by atoms with Gasteiger partial charge in [0.2, 0.25) is 34.5 Å². The van der Waals surface area contributed by atoms with E-state index in [4.69, 9.17) is 4.42 Å². The number of benzene rings is 7. The van der Waals surface area contributed by atoms with E-state index in [9.17, 15) is 91.9 Å². The number of phenols is 18. The molecule has 0 saturated heterocycles. The van der Waals surface area contributed by atoms with E-state index in [0.717, 1.165) is 0 Å². The number of rotatable bonds is 3. The van der Waals surface area contributed by atoms with Gasteiger partial charge in [-0.25, -0.2) is 0 Å². The Morgan fingerprint density at radius 1 is 0.328 bits per heavy atom. The molecule has 0 unspecified atom stereocenters. The van der Waals surface area contributed by atoms with E-state index in [1.165, 1.54) is 30.3 Å². The van der Waals surface area contributed by atoms with Gasteiger partial charge < -0.3 is 96.3 Å². The Balaban J connectivity index is 1.40. The molecular weight excluding hydrogens is 808 g/mol. The number of aromatic hydroxyl groups is 18. The Hall–Kier alpha value is -9.00. The van der Waals surface area contributed by atoms with Crippen LogP contribution in [0.25, 0.3) is 82.9 Å². The van der Waals surface area contributed by atoms with Gasteiger partial charge in [-0.2, -0.15) is 0 Å². The molecule has 19 nitrogen and oxygen atoms in total. The average molecular weight is 837 g/mol. The summed E-state index contributed by atoms with van der Waals surface area (Å²) in [6.07, 6.45) is 3.54. The van der Waals surface area contributed by atoms with Crippen molar-refractivity contribution < 1.29 is 96.3 Å². The molecule has 19 heteroatoms. The standard InChI is InChI=1S/C42H28O19/c43-23-15(32(52)40(60)42-21(23)22-33(53)28(48)19-20(41(22)61-42)34(54)38(58)35(55)31(19)51)13-9-5-1-3-7-11(9)14(12-8-4-2-6-10(12)13)16-24(44)26(46)17(27(47)25(16)45)18-29(49)36(56)39(59)37(57)30(18)50/h1-3,5-7,43-60H,4,8H2. The lowest BCUT2D eigenvalue weighted by molar-refractivity contribution is 0.329. The van der Waals surface area contributed by atoms with Crippen molar-refractivity contribution in [1.82, 2.24) is 0 Å². The van der Waals surface area contributed by atoms with Crippen molar-refractivity contribution in [3.8, 4) is 137 Å². The molecule has 1 aliphatic carbocycles. The maximum Gasteiger partial charge on any atom is 0.208 e. The van der Waals surface area contributed by atoms with E-state index in [2.05, 4.69) is 0 Å². The van der Waals surface area contributed by atoms with Crippen LogP contribution in [0.1, 0.15) is 17.5 Å². The van der Waals surface area contributed by atoms with Crippen LogP contribution in [0.2, 0.25) is 0 Å². The molecule has 1 heterocycles. The molecule has 61 heavy (non-hydrogen) atoms. The summed E-state index contributed by atoms with van der Waals surface area (Å²) in [5.74, 6) is -22.0. The van der Waals surface area contributed by atoms with Crippen LogP contribution in [-0.2, 0) is 6.42 Å². The van der Waals surface area contributed by atoms with Gasteiger partial charge in [0.25, 0.3) is 0 Å². The predicted octanol–water partition coefficient (Wildman–Crippen LogP) is 6.55. The summed E-state index contributed by atoms with van der Waals surface area (Å²) in [5.41, 5.74) is -4.44. The van der Waals surface area contributed by atoms with Gasteiger partial charge in [-0.15, -0.1) is 0 Å². The minimum Gasteiger partial charge on any atom is -0.506 e. The fourth-order valence-electron chi connectivity index (χ4n) is 8.35. The molecule has 0 atom stereocenters. The second-order valence-electron chi connectivity index (χ2n) is 14.2. The quantitative estimate of drug-likeness (QED) is 0.0662. The molecule has 0 aliphatic heterocycles. The van der Waals surface area contributed by atoms with Crippen molar-refractivity contribution >= 4 is 49.6 Å². The maximum absolute atomic E-state index is 12.2. The summed E-state index contributed by atoms with van der Waals surface area (Å²) in [6.45, 7) is 0. The molecular formula is C42H28O19. The highest BCUT2D eigenvalue weighted by molar-refractivity contribution is 6.27. The highest BCUT2D eigenvalue weighted by Gasteiger charge is 2.37. The van der Waals surface area contributed by atoms with Gasteiger partial charge in [0.15, 0.2) is 74.4 Å². The normalized spacial score (nSPS) is 12.6.